The number of rotatable bonds is 8. The van der Waals surface area contributed by atoms with Gasteiger partial charge in [-0.1, -0.05) is 6.08 Å². The van der Waals surface area contributed by atoms with Gasteiger partial charge in [-0.3, -0.25) is 13.9 Å². The zero-order valence-corrected chi connectivity index (χ0v) is 11.2. The summed E-state index contributed by atoms with van der Waals surface area (Å²) in [5.74, 6) is -0.546. The third kappa shape index (κ3) is 10.2. The molecule has 0 aliphatic rings. The zero-order valence-electron chi connectivity index (χ0n) is 10.3. The molecule has 0 fully saturated rings. The first-order valence-electron chi connectivity index (χ1n) is 4.94. The normalized spacial score (nSPS) is 15.1. The molecule has 0 saturated heterocycles. The van der Waals surface area contributed by atoms with Crippen LogP contribution in [0.25, 0.3) is 0 Å². The summed E-state index contributed by atoms with van der Waals surface area (Å²) in [6.07, 6.45) is 1.47. The molecule has 17 heavy (non-hydrogen) atoms. The summed E-state index contributed by atoms with van der Waals surface area (Å²) in [4.78, 5) is 22.3. The number of amides is 1. The Morgan fingerprint density at radius 3 is 2.53 bits per heavy atom. The number of carbonyl (C=O) groups excluding carboxylic acids is 1. The van der Waals surface area contributed by atoms with Gasteiger partial charge in [0.05, 0.1) is 21.1 Å². The minimum absolute atomic E-state index is 0.0605. The van der Waals surface area contributed by atoms with Crippen LogP contribution in [0.15, 0.2) is 12.7 Å². The lowest BCUT2D eigenvalue weighted by atomic mass is 10.5. The largest absolute Gasteiger partial charge is 0.756 e. The molecule has 0 aliphatic heterocycles. The third-order valence-corrected chi connectivity index (χ3v) is 2.28. The van der Waals surface area contributed by atoms with Crippen LogP contribution in [0, 0.1) is 0 Å². The van der Waals surface area contributed by atoms with Crippen molar-refractivity contribution in [3.8, 4) is 0 Å². The highest BCUT2D eigenvalue weighted by Gasteiger charge is 2.16. The van der Waals surface area contributed by atoms with Gasteiger partial charge < -0.3 is 19.2 Å². The smallest absolute Gasteiger partial charge is 0.272 e. The lowest BCUT2D eigenvalue weighted by molar-refractivity contribution is -0.887. The summed E-state index contributed by atoms with van der Waals surface area (Å²) in [6, 6.07) is 0. The second-order valence-corrected chi connectivity index (χ2v) is 5.77. The van der Waals surface area contributed by atoms with Crippen LogP contribution >= 0.6 is 7.82 Å². The summed E-state index contributed by atoms with van der Waals surface area (Å²) in [7, 11) is 0.855. The first kappa shape index (κ1) is 16.3. The highest BCUT2D eigenvalue weighted by molar-refractivity contribution is 7.45. The molecule has 0 saturated carbocycles. The number of hydrogen-bond donors (Lipinski definition) is 1. The molecule has 1 N–H and O–H groups in total. The molecule has 0 bridgehead atoms. The number of quaternary nitrogens is 1. The molecule has 0 spiro atoms. The van der Waals surface area contributed by atoms with E-state index in [-0.39, 0.29) is 13.3 Å². The molecule has 1 amide bonds. The molecule has 0 radical (unpaired) electrons. The van der Waals surface area contributed by atoms with Crippen molar-refractivity contribution in [2.24, 2.45) is 0 Å². The van der Waals surface area contributed by atoms with E-state index in [1.165, 1.54) is 6.08 Å². The van der Waals surface area contributed by atoms with Crippen molar-refractivity contribution in [1.29, 1.82) is 0 Å². The topological polar surface area (TPSA) is 87.7 Å². The van der Waals surface area contributed by atoms with E-state index < -0.39 is 20.3 Å². The average molecular weight is 266 g/mol. The van der Waals surface area contributed by atoms with Gasteiger partial charge in [0, 0.05) is 6.54 Å². The third-order valence-electron chi connectivity index (χ3n) is 1.40. The van der Waals surface area contributed by atoms with Crippen molar-refractivity contribution >= 4 is 13.7 Å². The fraction of sp³-hybridized carbons (Fsp3) is 0.667. The second-order valence-electron chi connectivity index (χ2n) is 4.36. The molecule has 0 aromatic heterocycles. The van der Waals surface area contributed by atoms with E-state index in [0.29, 0.717) is 4.48 Å². The molecule has 100 valence electrons. The van der Waals surface area contributed by atoms with E-state index in [1.807, 2.05) is 0 Å². The van der Waals surface area contributed by atoms with Crippen LogP contribution in [0.4, 0.5) is 0 Å². The number of carbonyl (C=O) groups is 1. The van der Waals surface area contributed by atoms with Crippen molar-refractivity contribution in [2.75, 3.05) is 41.0 Å². The fourth-order valence-corrected chi connectivity index (χ4v) is 1.49. The number of nitrogens with zero attached hydrogens (tertiary/aromatic N) is 1. The van der Waals surface area contributed by atoms with E-state index in [1.54, 1.807) is 21.1 Å². The lowest BCUT2D eigenvalue weighted by Gasteiger charge is -2.28. The van der Waals surface area contributed by atoms with Crippen LogP contribution in [0.3, 0.4) is 0 Å². The Balaban J connectivity index is 3.97. The molecular formula is C9H19N2O5P. The number of hydrogen-bond acceptors (Lipinski definition) is 5. The van der Waals surface area contributed by atoms with Crippen molar-refractivity contribution in [1.82, 2.24) is 5.32 Å². The van der Waals surface area contributed by atoms with Crippen molar-refractivity contribution in [2.45, 2.75) is 0 Å². The maximum absolute atomic E-state index is 11.2. The van der Waals surface area contributed by atoms with Crippen LogP contribution in [-0.4, -0.2) is 51.4 Å². The standard InChI is InChI=1S/C9H19N2O5P/c1-5-6-10-9(12)7-15-17(13,14)16-8-11(2,3)4/h5H,1,6-8H2,2-4H3,(H-,10,12,13,14). The molecule has 8 heteroatoms. The Morgan fingerprint density at radius 1 is 1.47 bits per heavy atom. The van der Waals surface area contributed by atoms with Gasteiger partial charge in [-0.25, -0.2) is 0 Å². The number of phosphoric ester groups is 1. The molecule has 0 aliphatic carbocycles. The first-order valence-corrected chi connectivity index (χ1v) is 6.40. The minimum atomic E-state index is -4.43. The predicted octanol–water partition coefficient (Wildman–Crippen LogP) is -0.546. The molecule has 1 unspecified atom stereocenters. The SMILES string of the molecule is C=CCNC(=O)COP(=O)([O-])OC[N+](C)(C)C. The van der Waals surface area contributed by atoms with Gasteiger partial charge in [0.15, 0.2) is 6.73 Å². The maximum Gasteiger partial charge on any atom is 0.272 e. The van der Waals surface area contributed by atoms with Gasteiger partial charge in [0.1, 0.15) is 6.61 Å². The van der Waals surface area contributed by atoms with Gasteiger partial charge in [0.2, 0.25) is 5.91 Å². The first-order chi connectivity index (χ1) is 7.66. The zero-order chi connectivity index (χ0) is 13.5. The lowest BCUT2D eigenvalue weighted by Crippen LogP contribution is -2.37. The van der Waals surface area contributed by atoms with Gasteiger partial charge in [-0.05, 0) is 0 Å². The van der Waals surface area contributed by atoms with E-state index in [4.69, 9.17) is 0 Å². The average Bonchev–Trinajstić information content (AvgIpc) is 2.20. The minimum Gasteiger partial charge on any atom is -0.756 e. The highest BCUT2D eigenvalue weighted by atomic mass is 31.2. The van der Waals surface area contributed by atoms with Gasteiger partial charge in [-0.15, -0.1) is 6.58 Å². The number of phosphoric acid groups is 1. The van der Waals surface area contributed by atoms with Crippen molar-refractivity contribution in [3.63, 3.8) is 0 Å². The van der Waals surface area contributed by atoms with Gasteiger partial charge in [-0.2, -0.15) is 0 Å². The van der Waals surface area contributed by atoms with Crippen molar-refractivity contribution in [3.05, 3.63) is 12.7 Å². The molecule has 7 nitrogen and oxygen atoms in total. The fourth-order valence-electron chi connectivity index (χ4n) is 0.656. The second kappa shape index (κ2) is 6.88. The Hall–Kier alpha value is -0.720. The van der Waals surface area contributed by atoms with E-state index in [9.17, 15) is 14.3 Å². The summed E-state index contributed by atoms with van der Waals surface area (Å²) >= 11 is 0. The van der Waals surface area contributed by atoms with Gasteiger partial charge >= 0.3 is 0 Å². The Kier molecular flexibility index (Phi) is 6.59. The Morgan fingerprint density at radius 2 is 2.06 bits per heavy atom. The predicted molar refractivity (Wildman–Crippen MR) is 60.7 cm³/mol. The highest BCUT2D eigenvalue weighted by Crippen LogP contribution is 2.38. The van der Waals surface area contributed by atoms with Gasteiger partial charge in [0.25, 0.3) is 7.82 Å². The Labute approximate surface area is 101 Å². The quantitative estimate of drug-likeness (QED) is 0.276. The summed E-state index contributed by atoms with van der Waals surface area (Å²) in [5, 5.41) is 2.38. The van der Waals surface area contributed by atoms with Crippen molar-refractivity contribution < 1.29 is 27.8 Å². The van der Waals surface area contributed by atoms with Crippen LogP contribution in [0.2, 0.25) is 0 Å². The molecule has 0 heterocycles. The van der Waals surface area contributed by atoms with Crippen LogP contribution < -0.4 is 10.2 Å². The number of nitrogens with one attached hydrogen (secondary N) is 1. The summed E-state index contributed by atoms with van der Waals surface area (Å²) < 4.78 is 20.5. The Bertz CT molecular complexity index is 313. The maximum atomic E-state index is 11.2. The molecule has 0 rings (SSSR count). The molecular weight excluding hydrogens is 247 g/mol. The van der Waals surface area contributed by atoms with Crippen LogP contribution in [0.1, 0.15) is 0 Å². The molecule has 1 atom stereocenters. The van der Waals surface area contributed by atoms with Crippen LogP contribution in [-0.2, 0) is 18.4 Å². The van der Waals surface area contributed by atoms with E-state index in [0.717, 1.165) is 0 Å². The molecule has 0 aromatic rings. The summed E-state index contributed by atoms with van der Waals surface area (Å²) in [6.45, 7) is 3.00. The van der Waals surface area contributed by atoms with E-state index in [2.05, 4.69) is 20.9 Å². The monoisotopic (exact) mass is 266 g/mol. The van der Waals surface area contributed by atoms with E-state index >= 15 is 0 Å². The summed E-state index contributed by atoms with van der Waals surface area (Å²) in [5.41, 5.74) is 0. The molecule has 0 aromatic carbocycles. The van der Waals surface area contributed by atoms with Crippen LogP contribution in [0.5, 0.6) is 0 Å².